The first kappa shape index (κ1) is 12.9. The Morgan fingerprint density at radius 3 is 2.83 bits per heavy atom. The molecule has 1 unspecified atom stereocenters. The summed E-state index contributed by atoms with van der Waals surface area (Å²) in [6, 6.07) is 4.88. The summed E-state index contributed by atoms with van der Waals surface area (Å²) in [4.78, 5) is 4.00. The van der Waals surface area contributed by atoms with Gasteiger partial charge >= 0.3 is 0 Å². The van der Waals surface area contributed by atoms with Gasteiger partial charge in [0.15, 0.2) is 0 Å². The predicted molar refractivity (Wildman–Crippen MR) is 78.3 cm³/mol. The molecule has 0 spiro atoms. The fourth-order valence-electron chi connectivity index (χ4n) is 2.76. The minimum Gasteiger partial charge on any atom is -0.311 e. The Balaban J connectivity index is 1.70. The molecule has 1 aromatic rings. The average molecular weight is 285 g/mol. The smallest absolute Gasteiger partial charge is 0.0931 e. The highest BCUT2D eigenvalue weighted by Crippen LogP contribution is 2.36. The standard InChI is InChI=1S/C14H21ClN2S/c1-14(2)9-16-12(10-3-4-10)8-17(14)7-11-5-6-13(15)18-11/h5-6,10,12,16H,3-4,7-9H2,1-2H3. The maximum absolute atomic E-state index is 6.03. The van der Waals surface area contributed by atoms with Crippen LogP contribution in [0.4, 0.5) is 0 Å². The predicted octanol–water partition coefficient (Wildman–Crippen LogP) is 3.36. The van der Waals surface area contributed by atoms with Gasteiger partial charge in [0.1, 0.15) is 0 Å². The molecule has 1 aromatic heterocycles. The molecule has 0 amide bonds. The van der Waals surface area contributed by atoms with E-state index in [9.17, 15) is 0 Å². The number of piperazine rings is 1. The molecule has 1 saturated carbocycles. The second-order valence-electron chi connectivity index (χ2n) is 6.22. The summed E-state index contributed by atoms with van der Waals surface area (Å²) in [7, 11) is 0. The zero-order chi connectivity index (χ0) is 12.8. The first-order chi connectivity index (χ1) is 8.54. The van der Waals surface area contributed by atoms with Crippen molar-refractivity contribution in [1.29, 1.82) is 0 Å². The van der Waals surface area contributed by atoms with E-state index in [0.29, 0.717) is 6.04 Å². The van der Waals surface area contributed by atoms with E-state index in [2.05, 4.69) is 30.1 Å². The number of thiophene rings is 1. The van der Waals surface area contributed by atoms with Crippen LogP contribution in [0.15, 0.2) is 12.1 Å². The lowest BCUT2D eigenvalue weighted by atomic mass is 9.95. The first-order valence-corrected chi connectivity index (χ1v) is 7.97. The number of nitrogens with one attached hydrogen (secondary N) is 1. The van der Waals surface area contributed by atoms with Gasteiger partial charge < -0.3 is 5.32 Å². The van der Waals surface area contributed by atoms with E-state index >= 15 is 0 Å². The fourth-order valence-corrected chi connectivity index (χ4v) is 3.86. The van der Waals surface area contributed by atoms with Gasteiger partial charge in [-0.15, -0.1) is 11.3 Å². The molecule has 0 radical (unpaired) electrons. The SMILES string of the molecule is CC1(C)CNC(C2CC2)CN1Cc1ccc(Cl)s1. The number of nitrogens with zero attached hydrogens (tertiary/aromatic N) is 1. The summed E-state index contributed by atoms with van der Waals surface area (Å²) in [6.07, 6.45) is 2.83. The van der Waals surface area contributed by atoms with Gasteiger partial charge in [-0.3, -0.25) is 4.90 Å². The molecular formula is C14H21ClN2S. The topological polar surface area (TPSA) is 15.3 Å². The van der Waals surface area contributed by atoms with E-state index in [0.717, 1.165) is 23.3 Å². The summed E-state index contributed by atoms with van der Waals surface area (Å²) in [5.74, 6) is 0.926. The van der Waals surface area contributed by atoms with E-state index in [1.165, 1.54) is 24.3 Å². The Bertz CT molecular complexity index is 425. The minimum absolute atomic E-state index is 0.238. The van der Waals surface area contributed by atoms with E-state index in [-0.39, 0.29) is 5.54 Å². The molecule has 2 aliphatic rings. The van der Waals surface area contributed by atoms with Crippen LogP contribution >= 0.6 is 22.9 Å². The summed E-state index contributed by atoms with van der Waals surface area (Å²) in [5, 5.41) is 3.73. The molecule has 0 aromatic carbocycles. The molecule has 2 heterocycles. The van der Waals surface area contributed by atoms with Gasteiger partial charge in [-0.25, -0.2) is 0 Å². The Morgan fingerprint density at radius 2 is 2.22 bits per heavy atom. The molecule has 18 heavy (non-hydrogen) atoms. The Kier molecular flexibility index (Phi) is 3.43. The zero-order valence-electron chi connectivity index (χ0n) is 11.1. The third-order valence-electron chi connectivity index (χ3n) is 4.24. The van der Waals surface area contributed by atoms with Crippen molar-refractivity contribution in [3.8, 4) is 0 Å². The molecule has 3 rings (SSSR count). The number of halogens is 1. The van der Waals surface area contributed by atoms with Crippen molar-refractivity contribution in [2.45, 2.75) is 44.8 Å². The van der Waals surface area contributed by atoms with Crippen molar-refractivity contribution in [1.82, 2.24) is 10.2 Å². The van der Waals surface area contributed by atoms with Crippen molar-refractivity contribution in [2.24, 2.45) is 5.92 Å². The molecule has 1 N–H and O–H groups in total. The summed E-state index contributed by atoms with van der Waals surface area (Å²) in [6.45, 7) is 7.96. The van der Waals surface area contributed by atoms with Crippen molar-refractivity contribution in [3.63, 3.8) is 0 Å². The Morgan fingerprint density at radius 1 is 1.44 bits per heavy atom. The molecule has 1 aliphatic carbocycles. The van der Waals surface area contributed by atoms with Crippen molar-refractivity contribution >= 4 is 22.9 Å². The van der Waals surface area contributed by atoms with E-state index in [1.807, 2.05) is 6.07 Å². The Hall–Kier alpha value is -0.0900. The number of hydrogen-bond acceptors (Lipinski definition) is 3. The first-order valence-electron chi connectivity index (χ1n) is 6.77. The lowest BCUT2D eigenvalue weighted by Gasteiger charge is -2.46. The zero-order valence-corrected chi connectivity index (χ0v) is 12.7. The lowest BCUT2D eigenvalue weighted by molar-refractivity contribution is 0.0543. The molecular weight excluding hydrogens is 264 g/mol. The maximum Gasteiger partial charge on any atom is 0.0931 e. The van der Waals surface area contributed by atoms with Crippen molar-refractivity contribution in [2.75, 3.05) is 13.1 Å². The van der Waals surface area contributed by atoms with Gasteiger partial charge in [0.25, 0.3) is 0 Å². The molecule has 1 atom stereocenters. The number of rotatable bonds is 3. The summed E-state index contributed by atoms with van der Waals surface area (Å²) >= 11 is 7.74. The normalized spacial score (nSPS) is 28.5. The molecule has 0 bridgehead atoms. The third-order valence-corrected chi connectivity index (χ3v) is 5.45. The van der Waals surface area contributed by atoms with E-state index in [1.54, 1.807) is 11.3 Å². The third kappa shape index (κ3) is 2.74. The summed E-state index contributed by atoms with van der Waals surface area (Å²) in [5.41, 5.74) is 0.238. The van der Waals surface area contributed by atoms with Crippen LogP contribution in [0.5, 0.6) is 0 Å². The van der Waals surface area contributed by atoms with Crippen LogP contribution in [0.2, 0.25) is 4.34 Å². The van der Waals surface area contributed by atoms with Gasteiger partial charge in [0.05, 0.1) is 4.34 Å². The minimum atomic E-state index is 0.238. The van der Waals surface area contributed by atoms with Crippen LogP contribution in [0.25, 0.3) is 0 Å². The molecule has 2 nitrogen and oxygen atoms in total. The quantitative estimate of drug-likeness (QED) is 0.916. The highest BCUT2D eigenvalue weighted by atomic mass is 35.5. The van der Waals surface area contributed by atoms with E-state index < -0.39 is 0 Å². The maximum atomic E-state index is 6.03. The molecule has 4 heteroatoms. The molecule has 2 fully saturated rings. The largest absolute Gasteiger partial charge is 0.311 e. The second kappa shape index (κ2) is 4.78. The monoisotopic (exact) mass is 284 g/mol. The van der Waals surface area contributed by atoms with Crippen LogP contribution in [-0.2, 0) is 6.54 Å². The van der Waals surface area contributed by atoms with Gasteiger partial charge in [-0.1, -0.05) is 11.6 Å². The van der Waals surface area contributed by atoms with E-state index in [4.69, 9.17) is 11.6 Å². The molecule has 1 aliphatic heterocycles. The van der Waals surface area contributed by atoms with Gasteiger partial charge in [-0.2, -0.15) is 0 Å². The molecule has 100 valence electrons. The highest BCUT2D eigenvalue weighted by Gasteiger charge is 2.40. The highest BCUT2D eigenvalue weighted by molar-refractivity contribution is 7.16. The van der Waals surface area contributed by atoms with Crippen molar-refractivity contribution < 1.29 is 0 Å². The van der Waals surface area contributed by atoms with Crippen LogP contribution in [0.1, 0.15) is 31.6 Å². The van der Waals surface area contributed by atoms with Crippen molar-refractivity contribution in [3.05, 3.63) is 21.3 Å². The Labute approximate surface area is 118 Å². The van der Waals surface area contributed by atoms with Gasteiger partial charge in [-0.05, 0) is 44.7 Å². The average Bonchev–Trinajstić information content (AvgIpc) is 3.06. The number of hydrogen-bond donors (Lipinski definition) is 1. The fraction of sp³-hybridized carbons (Fsp3) is 0.714. The van der Waals surface area contributed by atoms with Crippen LogP contribution in [-0.4, -0.2) is 29.6 Å². The molecule has 1 saturated heterocycles. The van der Waals surface area contributed by atoms with Gasteiger partial charge in [0.2, 0.25) is 0 Å². The summed E-state index contributed by atoms with van der Waals surface area (Å²) < 4.78 is 0.900. The van der Waals surface area contributed by atoms with Gasteiger partial charge in [0, 0.05) is 36.1 Å². The van der Waals surface area contributed by atoms with Crippen LogP contribution in [0.3, 0.4) is 0 Å². The van der Waals surface area contributed by atoms with Crippen LogP contribution in [0, 0.1) is 5.92 Å². The lowest BCUT2D eigenvalue weighted by Crippen LogP contribution is -2.62. The van der Waals surface area contributed by atoms with Crippen LogP contribution < -0.4 is 5.32 Å². The second-order valence-corrected chi connectivity index (χ2v) is 8.02.